The van der Waals surface area contributed by atoms with E-state index in [-0.39, 0.29) is 6.92 Å². The fraction of sp³-hybridized carbons (Fsp3) is 0. The van der Waals surface area contributed by atoms with Crippen molar-refractivity contribution in [3.05, 3.63) is 121 Å². The van der Waals surface area contributed by atoms with E-state index in [0.29, 0.717) is 0 Å². The monoisotopic (exact) mass is 501 g/mol. The molecule has 0 bridgehead atoms. The maximum absolute atomic E-state index is 6.93. The first kappa shape index (κ1) is 20.5. The van der Waals surface area contributed by atoms with Crippen molar-refractivity contribution in [1.29, 1.82) is 0 Å². The van der Waals surface area contributed by atoms with Gasteiger partial charge in [-0.05, 0) is 68.7 Å². The van der Waals surface area contributed by atoms with Crippen LogP contribution in [0.1, 0.15) is 0 Å². The SMILES string of the molecule is c1ccc2c(c1)OB1c3c(cc4ccsc4c3-2)N(c2ccc3ccccc3c2)c2ccc3ccccc3c21. The second-order valence-corrected chi connectivity index (χ2v) is 11.0. The van der Waals surface area contributed by atoms with Gasteiger partial charge < -0.3 is 9.55 Å². The molecule has 0 atom stereocenters. The number of nitrogens with zero attached hydrogens (tertiary/aromatic N) is 1. The molecule has 9 rings (SSSR count). The van der Waals surface area contributed by atoms with Gasteiger partial charge in [0.25, 0.3) is 0 Å². The van der Waals surface area contributed by atoms with Gasteiger partial charge in [-0.1, -0.05) is 78.9 Å². The van der Waals surface area contributed by atoms with Gasteiger partial charge in [0, 0.05) is 43.8 Å². The minimum absolute atomic E-state index is 0.181. The highest BCUT2D eigenvalue weighted by molar-refractivity contribution is 7.18. The number of benzene rings is 6. The summed E-state index contributed by atoms with van der Waals surface area (Å²) < 4.78 is 8.26. The zero-order chi connectivity index (χ0) is 24.8. The molecule has 2 nitrogen and oxygen atoms in total. The Morgan fingerprint density at radius 1 is 0.605 bits per heavy atom. The molecule has 176 valence electrons. The van der Waals surface area contributed by atoms with Crippen LogP contribution in [-0.2, 0) is 0 Å². The van der Waals surface area contributed by atoms with E-state index in [4.69, 9.17) is 4.65 Å². The topological polar surface area (TPSA) is 12.5 Å². The standard InChI is InChI=1S/C34H20BNOS/c1-2-9-23-19-25(15-13-21(23)7-1)36-28-16-14-22-8-3-4-10-26(22)32(28)35-33-29(36)20-24-17-18-38-34(24)31(33)27-11-5-6-12-30(27)37-35/h1-20H. The Kier molecular flexibility index (Phi) is 4.05. The molecule has 2 aliphatic rings. The number of thiophene rings is 1. The molecule has 0 radical (unpaired) electrons. The molecule has 4 heteroatoms. The quantitative estimate of drug-likeness (QED) is 0.211. The van der Waals surface area contributed by atoms with Gasteiger partial charge in [-0.3, -0.25) is 0 Å². The van der Waals surface area contributed by atoms with Crippen LogP contribution >= 0.6 is 11.3 Å². The third-order valence-corrected chi connectivity index (χ3v) is 9.05. The molecule has 0 unspecified atom stereocenters. The Balaban J connectivity index is 1.45. The lowest BCUT2D eigenvalue weighted by atomic mass is 9.48. The molecule has 6 aromatic carbocycles. The number of para-hydroxylation sites is 1. The summed E-state index contributed by atoms with van der Waals surface area (Å²) in [6.45, 7) is -0.181. The largest absolute Gasteiger partial charge is 0.551 e. The van der Waals surface area contributed by atoms with Crippen molar-refractivity contribution >= 4 is 77.9 Å². The van der Waals surface area contributed by atoms with Gasteiger partial charge in [0.15, 0.2) is 0 Å². The second-order valence-electron chi connectivity index (χ2n) is 10.1. The Labute approximate surface area is 224 Å². The van der Waals surface area contributed by atoms with Crippen LogP contribution in [0, 0.1) is 0 Å². The average molecular weight is 501 g/mol. The van der Waals surface area contributed by atoms with Gasteiger partial charge in [-0.2, -0.15) is 0 Å². The number of hydrogen-bond acceptors (Lipinski definition) is 3. The molecule has 0 saturated carbocycles. The lowest BCUT2D eigenvalue weighted by molar-refractivity contribution is 0.590. The van der Waals surface area contributed by atoms with Crippen LogP contribution in [-0.4, -0.2) is 6.92 Å². The fourth-order valence-corrected chi connectivity index (χ4v) is 7.42. The number of rotatable bonds is 1. The summed E-state index contributed by atoms with van der Waals surface area (Å²) >= 11 is 1.82. The van der Waals surface area contributed by atoms with Crippen molar-refractivity contribution in [2.24, 2.45) is 0 Å². The molecule has 0 N–H and O–H groups in total. The highest BCUT2D eigenvalue weighted by Crippen LogP contribution is 2.47. The van der Waals surface area contributed by atoms with Gasteiger partial charge >= 0.3 is 6.92 Å². The molecule has 3 heterocycles. The summed E-state index contributed by atoms with van der Waals surface area (Å²) in [4.78, 5) is 2.46. The summed E-state index contributed by atoms with van der Waals surface area (Å²) in [7, 11) is 0. The van der Waals surface area contributed by atoms with Crippen LogP contribution in [0.25, 0.3) is 42.8 Å². The van der Waals surface area contributed by atoms with E-state index in [9.17, 15) is 0 Å². The van der Waals surface area contributed by atoms with Crippen molar-refractivity contribution in [2.45, 2.75) is 0 Å². The molecule has 7 aromatic rings. The van der Waals surface area contributed by atoms with Crippen molar-refractivity contribution in [2.75, 3.05) is 4.90 Å². The summed E-state index contributed by atoms with van der Waals surface area (Å²) in [6, 6.07) is 41.7. The minimum Gasteiger partial charge on any atom is -0.551 e. The van der Waals surface area contributed by atoms with E-state index in [0.717, 1.165) is 11.4 Å². The molecule has 0 amide bonds. The van der Waals surface area contributed by atoms with Crippen LogP contribution in [0.2, 0.25) is 0 Å². The zero-order valence-electron chi connectivity index (χ0n) is 20.4. The number of hydrogen-bond donors (Lipinski definition) is 0. The van der Waals surface area contributed by atoms with E-state index in [2.05, 4.69) is 126 Å². The zero-order valence-corrected chi connectivity index (χ0v) is 21.2. The first-order valence-corrected chi connectivity index (χ1v) is 13.8. The minimum atomic E-state index is -0.181. The fourth-order valence-electron chi connectivity index (χ4n) is 6.47. The summed E-state index contributed by atoms with van der Waals surface area (Å²) in [5.74, 6) is 0.954. The normalized spacial score (nSPS) is 13.4. The highest BCUT2D eigenvalue weighted by Gasteiger charge is 2.44. The summed E-state index contributed by atoms with van der Waals surface area (Å²) in [5.41, 5.74) is 8.51. The van der Waals surface area contributed by atoms with Crippen molar-refractivity contribution in [3.8, 4) is 16.9 Å². The molecular weight excluding hydrogens is 481 g/mol. The van der Waals surface area contributed by atoms with Crippen LogP contribution in [0.15, 0.2) is 121 Å². The molecular formula is C34H20BNOS. The van der Waals surface area contributed by atoms with Crippen LogP contribution in [0.3, 0.4) is 0 Å². The summed E-state index contributed by atoms with van der Waals surface area (Å²) in [5, 5.41) is 8.44. The predicted molar refractivity (Wildman–Crippen MR) is 163 cm³/mol. The molecule has 0 spiro atoms. The third-order valence-electron chi connectivity index (χ3n) is 8.11. The van der Waals surface area contributed by atoms with Gasteiger partial charge in [-0.15, -0.1) is 11.3 Å². The molecule has 38 heavy (non-hydrogen) atoms. The first-order valence-electron chi connectivity index (χ1n) is 13.0. The van der Waals surface area contributed by atoms with Crippen molar-refractivity contribution in [3.63, 3.8) is 0 Å². The number of fused-ring (bicyclic) bond motifs is 9. The number of anilines is 3. The molecule has 0 aliphatic carbocycles. The molecule has 2 aliphatic heterocycles. The van der Waals surface area contributed by atoms with E-state index in [1.807, 2.05) is 11.3 Å². The first-order chi connectivity index (χ1) is 18.8. The maximum atomic E-state index is 6.93. The van der Waals surface area contributed by atoms with Crippen molar-refractivity contribution < 1.29 is 4.65 Å². The van der Waals surface area contributed by atoms with Gasteiger partial charge in [0.1, 0.15) is 5.75 Å². The third kappa shape index (κ3) is 2.68. The Bertz CT molecular complexity index is 2090. The lowest BCUT2D eigenvalue weighted by Gasteiger charge is -2.40. The molecule has 1 aromatic heterocycles. The lowest BCUT2D eigenvalue weighted by Crippen LogP contribution is -2.56. The Morgan fingerprint density at radius 3 is 2.34 bits per heavy atom. The predicted octanol–water partition coefficient (Wildman–Crippen LogP) is 8.16. The van der Waals surface area contributed by atoms with Gasteiger partial charge in [0.2, 0.25) is 0 Å². The Morgan fingerprint density at radius 2 is 1.39 bits per heavy atom. The average Bonchev–Trinajstić information content (AvgIpc) is 3.45. The van der Waals surface area contributed by atoms with Crippen LogP contribution in [0.5, 0.6) is 5.75 Å². The highest BCUT2D eigenvalue weighted by atomic mass is 32.1. The van der Waals surface area contributed by atoms with E-state index in [1.165, 1.54) is 65.1 Å². The molecule has 0 fully saturated rings. The van der Waals surface area contributed by atoms with Gasteiger partial charge in [-0.25, -0.2) is 0 Å². The van der Waals surface area contributed by atoms with E-state index in [1.54, 1.807) is 0 Å². The Hall–Kier alpha value is -4.54. The smallest absolute Gasteiger partial charge is 0.432 e. The van der Waals surface area contributed by atoms with E-state index < -0.39 is 0 Å². The van der Waals surface area contributed by atoms with E-state index >= 15 is 0 Å². The summed E-state index contributed by atoms with van der Waals surface area (Å²) in [6.07, 6.45) is 0. The molecule has 0 saturated heterocycles. The van der Waals surface area contributed by atoms with Crippen LogP contribution in [0.4, 0.5) is 17.1 Å². The van der Waals surface area contributed by atoms with Crippen molar-refractivity contribution in [1.82, 2.24) is 0 Å². The maximum Gasteiger partial charge on any atom is 0.432 e. The van der Waals surface area contributed by atoms with Gasteiger partial charge in [0.05, 0.1) is 0 Å². The van der Waals surface area contributed by atoms with Crippen LogP contribution < -0.4 is 20.5 Å². The second kappa shape index (κ2) is 7.50.